The van der Waals surface area contributed by atoms with Crippen molar-refractivity contribution in [1.29, 1.82) is 0 Å². The number of hydrogen-bond donors (Lipinski definition) is 1. The minimum Gasteiger partial charge on any atom is -0.305 e. The summed E-state index contributed by atoms with van der Waals surface area (Å²) in [7, 11) is 0. The average molecular weight is 248 g/mol. The van der Waals surface area contributed by atoms with Gasteiger partial charge in [-0.3, -0.25) is 9.78 Å². The van der Waals surface area contributed by atoms with E-state index in [4.69, 9.17) is 11.6 Å². The van der Waals surface area contributed by atoms with Gasteiger partial charge in [-0.25, -0.2) is 4.98 Å². The molecular weight excluding hydrogens is 238 g/mol. The first-order valence-corrected chi connectivity index (χ1v) is 5.40. The third-order valence-corrected chi connectivity index (χ3v) is 2.55. The molecule has 0 aromatic carbocycles. The van der Waals surface area contributed by atoms with Crippen LogP contribution in [0, 0.1) is 6.92 Å². The van der Waals surface area contributed by atoms with Gasteiger partial charge < -0.3 is 5.32 Å². The predicted octanol–water partition coefficient (Wildman–Crippen LogP) is 2.69. The number of rotatable bonds is 2. The highest BCUT2D eigenvalue weighted by Gasteiger charge is 2.11. The van der Waals surface area contributed by atoms with Crippen molar-refractivity contribution in [3.8, 4) is 0 Å². The molecule has 0 fully saturated rings. The molecule has 5 heteroatoms. The van der Waals surface area contributed by atoms with Gasteiger partial charge in [-0.15, -0.1) is 0 Å². The van der Waals surface area contributed by atoms with Crippen LogP contribution < -0.4 is 5.32 Å². The molecule has 0 aliphatic heterocycles. The summed E-state index contributed by atoms with van der Waals surface area (Å²) in [5.41, 5.74) is 1.17. The van der Waals surface area contributed by atoms with E-state index in [2.05, 4.69) is 15.3 Å². The van der Waals surface area contributed by atoms with Gasteiger partial charge in [-0.2, -0.15) is 0 Å². The molecule has 0 saturated carbocycles. The van der Waals surface area contributed by atoms with Crippen LogP contribution in [0.2, 0.25) is 5.02 Å². The quantitative estimate of drug-likeness (QED) is 0.888. The molecule has 2 aromatic rings. The fourth-order valence-electron chi connectivity index (χ4n) is 1.38. The highest BCUT2D eigenvalue weighted by molar-refractivity contribution is 6.33. The maximum Gasteiger partial charge on any atom is 0.258 e. The molecule has 4 nitrogen and oxygen atoms in total. The summed E-state index contributed by atoms with van der Waals surface area (Å²) in [5.74, 6) is 0.0821. The van der Waals surface area contributed by atoms with Crippen molar-refractivity contribution < 1.29 is 4.79 Å². The third kappa shape index (κ3) is 2.60. The van der Waals surface area contributed by atoms with Crippen LogP contribution in [0.4, 0.5) is 5.82 Å². The topological polar surface area (TPSA) is 54.9 Å². The number of carbonyl (C=O) groups is 1. The lowest BCUT2D eigenvalue weighted by Crippen LogP contribution is -2.15. The summed E-state index contributed by atoms with van der Waals surface area (Å²) >= 11 is 5.90. The molecule has 0 atom stereocenters. The Kier molecular flexibility index (Phi) is 3.35. The van der Waals surface area contributed by atoms with E-state index in [0.717, 1.165) is 0 Å². The zero-order valence-electron chi connectivity index (χ0n) is 9.14. The first-order chi connectivity index (χ1) is 8.18. The number of nitrogens with one attached hydrogen (secondary N) is 1. The SMILES string of the molecule is Cc1ncccc1C(=O)Nc1ncccc1Cl. The Hall–Kier alpha value is -1.94. The minimum absolute atomic E-state index is 0.267. The average Bonchev–Trinajstić information content (AvgIpc) is 2.32. The van der Waals surface area contributed by atoms with Crippen molar-refractivity contribution in [3.63, 3.8) is 0 Å². The van der Waals surface area contributed by atoms with Crippen molar-refractivity contribution in [2.75, 3.05) is 5.32 Å². The monoisotopic (exact) mass is 247 g/mol. The van der Waals surface area contributed by atoms with E-state index >= 15 is 0 Å². The van der Waals surface area contributed by atoms with Gasteiger partial charge in [0, 0.05) is 18.1 Å². The third-order valence-electron chi connectivity index (χ3n) is 2.24. The van der Waals surface area contributed by atoms with Crippen LogP contribution >= 0.6 is 11.6 Å². The fourth-order valence-corrected chi connectivity index (χ4v) is 1.55. The second-order valence-electron chi connectivity index (χ2n) is 3.42. The van der Waals surface area contributed by atoms with Crippen molar-refractivity contribution in [1.82, 2.24) is 9.97 Å². The van der Waals surface area contributed by atoms with E-state index in [9.17, 15) is 4.79 Å². The number of anilines is 1. The summed E-state index contributed by atoms with van der Waals surface area (Å²) in [6.45, 7) is 1.77. The van der Waals surface area contributed by atoms with Gasteiger partial charge in [0.15, 0.2) is 5.82 Å². The van der Waals surface area contributed by atoms with E-state index in [-0.39, 0.29) is 5.91 Å². The molecule has 17 heavy (non-hydrogen) atoms. The fraction of sp³-hybridized carbons (Fsp3) is 0.0833. The second-order valence-corrected chi connectivity index (χ2v) is 3.83. The second kappa shape index (κ2) is 4.93. The molecule has 1 amide bonds. The Morgan fingerprint density at radius 2 is 1.94 bits per heavy atom. The van der Waals surface area contributed by atoms with Crippen LogP contribution in [0.3, 0.4) is 0 Å². The lowest BCUT2D eigenvalue weighted by atomic mass is 10.2. The van der Waals surface area contributed by atoms with Crippen molar-refractivity contribution in [2.24, 2.45) is 0 Å². The standard InChI is InChI=1S/C12H10ClN3O/c1-8-9(4-2-6-14-8)12(17)16-11-10(13)5-3-7-15-11/h2-7H,1H3,(H,15,16,17). The Balaban J connectivity index is 2.24. The van der Waals surface area contributed by atoms with Gasteiger partial charge in [-0.05, 0) is 31.2 Å². The molecule has 0 bridgehead atoms. The molecule has 1 N–H and O–H groups in total. The molecule has 86 valence electrons. The molecule has 0 spiro atoms. The highest BCUT2D eigenvalue weighted by atomic mass is 35.5. The van der Waals surface area contributed by atoms with E-state index in [0.29, 0.717) is 22.1 Å². The van der Waals surface area contributed by atoms with Crippen molar-refractivity contribution >= 4 is 23.3 Å². The highest BCUT2D eigenvalue weighted by Crippen LogP contribution is 2.18. The molecule has 2 aromatic heterocycles. The first kappa shape index (κ1) is 11.5. The van der Waals surface area contributed by atoms with Crippen LogP contribution in [0.1, 0.15) is 16.1 Å². The van der Waals surface area contributed by atoms with Gasteiger partial charge in [0.25, 0.3) is 5.91 Å². The zero-order chi connectivity index (χ0) is 12.3. The molecule has 0 aliphatic carbocycles. The van der Waals surface area contributed by atoms with Gasteiger partial charge in [0.2, 0.25) is 0 Å². The van der Waals surface area contributed by atoms with Gasteiger partial charge in [-0.1, -0.05) is 11.6 Å². The number of pyridine rings is 2. The first-order valence-electron chi connectivity index (χ1n) is 5.02. The molecule has 2 rings (SSSR count). The summed E-state index contributed by atoms with van der Waals surface area (Å²) < 4.78 is 0. The molecular formula is C12H10ClN3O. The zero-order valence-corrected chi connectivity index (χ0v) is 9.90. The number of aryl methyl sites for hydroxylation is 1. The number of nitrogens with zero attached hydrogens (tertiary/aromatic N) is 2. The summed E-state index contributed by atoms with van der Waals surface area (Å²) in [4.78, 5) is 20.0. The maximum absolute atomic E-state index is 11.9. The van der Waals surface area contributed by atoms with Crippen LogP contribution in [0.25, 0.3) is 0 Å². The summed E-state index contributed by atoms with van der Waals surface area (Å²) in [6.07, 6.45) is 3.21. The van der Waals surface area contributed by atoms with Crippen LogP contribution in [0.15, 0.2) is 36.7 Å². The van der Waals surface area contributed by atoms with Gasteiger partial charge in [0.05, 0.1) is 10.6 Å². The number of amides is 1. The Bertz CT molecular complexity index is 557. The largest absolute Gasteiger partial charge is 0.305 e. The van der Waals surface area contributed by atoms with Gasteiger partial charge in [0.1, 0.15) is 0 Å². The Morgan fingerprint density at radius 3 is 2.65 bits per heavy atom. The van der Waals surface area contributed by atoms with E-state index in [1.165, 1.54) is 0 Å². The van der Waals surface area contributed by atoms with Crippen LogP contribution in [-0.2, 0) is 0 Å². The lowest BCUT2D eigenvalue weighted by molar-refractivity contribution is 0.102. The lowest BCUT2D eigenvalue weighted by Gasteiger charge is -2.07. The summed E-state index contributed by atoms with van der Waals surface area (Å²) in [6, 6.07) is 6.78. The number of carbonyl (C=O) groups excluding carboxylic acids is 1. The smallest absolute Gasteiger partial charge is 0.258 e. The van der Waals surface area contributed by atoms with Crippen LogP contribution in [0.5, 0.6) is 0 Å². The van der Waals surface area contributed by atoms with E-state index < -0.39 is 0 Å². The number of halogens is 1. The van der Waals surface area contributed by atoms with Crippen LogP contribution in [-0.4, -0.2) is 15.9 Å². The molecule has 0 unspecified atom stereocenters. The Labute approximate surface area is 104 Å². The maximum atomic E-state index is 11.9. The normalized spacial score (nSPS) is 10.0. The predicted molar refractivity (Wildman–Crippen MR) is 66.2 cm³/mol. The molecule has 0 radical (unpaired) electrons. The van der Waals surface area contributed by atoms with Crippen molar-refractivity contribution in [2.45, 2.75) is 6.92 Å². The number of hydrogen-bond acceptors (Lipinski definition) is 3. The molecule has 2 heterocycles. The molecule has 0 saturated heterocycles. The van der Waals surface area contributed by atoms with E-state index in [1.54, 1.807) is 43.6 Å². The Morgan fingerprint density at radius 1 is 1.24 bits per heavy atom. The van der Waals surface area contributed by atoms with Crippen molar-refractivity contribution in [3.05, 3.63) is 52.9 Å². The van der Waals surface area contributed by atoms with Gasteiger partial charge >= 0.3 is 0 Å². The minimum atomic E-state index is -0.267. The summed E-state index contributed by atoms with van der Waals surface area (Å²) in [5, 5.41) is 3.05. The van der Waals surface area contributed by atoms with E-state index in [1.807, 2.05) is 0 Å². The molecule has 0 aliphatic rings. The number of aromatic nitrogens is 2.